The van der Waals surface area contributed by atoms with E-state index in [1.165, 1.54) is 0 Å². The van der Waals surface area contributed by atoms with Crippen molar-refractivity contribution in [2.75, 3.05) is 17.7 Å². The standard InChI is InChI=1S/C13H15N5O2/c1-3-20-11(19)9-4-6-10(7-5-9)17-13-16-8(2)15-12(14)18-13/h4-7H,3H2,1-2H3,(H3,14,15,16,17,18). The van der Waals surface area contributed by atoms with E-state index in [2.05, 4.69) is 20.3 Å². The first kappa shape index (κ1) is 13.7. The van der Waals surface area contributed by atoms with Crippen molar-refractivity contribution >= 4 is 23.6 Å². The number of aryl methyl sites for hydroxylation is 1. The van der Waals surface area contributed by atoms with Crippen LogP contribution in [0.1, 0.15) is 23.1 Å². The molecule has 0 saturated heterocycles. The van der Waals surface area contributed by atoms with Crippen molar-refractivity contribution in [3.8, 4) is 0 Å². The van der Waals surface area contributed by atoms with Crippen molar-refractivity contribution in [2.24, 2.45) is 0 Å². The topological polar surface area (TPSA) is 103 Å². The normalized spacial score (nSPS) is 10.1. The summed E-state index contributed by atoms with van der Waals surface area (Å²) in [5.41, 5.74) is 6.78. The zero-order valence-corrected chi connectivity index (χ0v) is 11.3. The smallest absolute Gasteiger partial charge is 0.338 e. The molecule has 1 aromatic heterocycles. The third-order valence-electron chi connectivity index (χ3n) is 2.42. The summed E-state index contributed by atoms with van der Waals surface area (Å²) in [6.07, 6.45) is 0. The molecular formula is C13H15N5O2. The van der Waals surface area contributed by atoms with Crippen LogP contribution in [0.25, 0.3) is 0 Å². The molecule has 0 fully saturated rings. The summed E-state index contributed by atoms with van der Waals surface area (Å²) in [6, 6.07) is 6.80. The second kappa shape index (κ2) is 5.96. The van der Waals surface area contributed by atoms with Crippen molar-refractivity contribution in [3.63, 3.8) is 0 Å². The Morgan fingerprint density at radius 2 is 1.95 bits per heavy atom. The first-order chi connectivity index (χ1) is 9.58. The van der Waals surface area contributed by atoms with Gasteiger partial charge < -0.3 is 15.8 Å². The summed E-state index contributed by atoms with van der Waals surface area (Å²) < 4.78 is 4.91. The van der Waals surface area contributed by atoms with Gasteiger partial charge >= 0.3 is 5.97 Å². The van der Waals surface area contributed by atoms with Crippen LogP contribution >= 0.6 is 0 Å². The number of nitrogen functional groups attached to an aromatic ring is 1. The monoisotopic (exact) mass is 273 g/mol. The first-order valence-electron chi connectivity index (χ1n) is 6.11. The first-order valence-corrected chi connectivity index (χ1v) is 6.11. The van der Waals surface area contributed by atoms with Gasteiger partial charge in [-0.15, -0.1) is 0 Å². The molecule has 7 heteroatoms. The number of carbonyl (C=O) groups is 1. The predicted molar refractivity (Wildman–Crippen MR) is 74.7 cm³/mol. The average molecular weight is 273 g/mol. The van der Waals surface area contributed by atoms with Gasteiger partial charge in [0.2, 0.25) is 11.9 Å². The Balaban J connectivity index is 2.12. The van der Waals surface area contributed by atoms with Gasteiger partial charge in [0.1, 0.15) is 5.82 Å². The van der Waals surface area contributed by atoms with Gasteiger partial charge in [-0.05, 0) is 38.1 Å². The van der Waals surface area contributed by atoms with Crippen LogP contribution in [0.15, 0.2) is 24.3 Å². The van der Waals surface area contributed by atoms with Gasteiger partial charge in [-0.2, -0.15) is 15.0 Å². The lowest BCUT2D eigenvalue weighted by Gasteiger charge is -2.07. The van der Waals surface area contributed by atoms with Gasteiger partial charge in [0.15, 0.2) is 0 Å². The predicted octanol–water partition coefficient (Wildman–Crippen LogP) is 1.68. The number of nitrogens with zero attached hydrogens (tertiary/aromatic N) is 3. The van der Waals surface area contributed by atoms with Crippen LogP contribution in [0.3, 0.4) is 0 Å². The fourth-order valence-electron chi connectivity index (χ4n) is 1.59. The maximum atomic E-state index is 11.5. The average Bonchev–Trinajstić information content (AvgIpc) is 2.38. The Bertz CT molecular complexity index is 592. The number of carbonyl (C=O) groups excluding carboxylic acids is 1. The van der Waals surface area contributed by atoms with Crippen molar-refractivity contribution in [1.82, 2.24) is 15.0 Å². The van der Waals surface area contributed by atoms with E-state index in [0.717, 1.165) is 5.69 Å². The van der Waals surface area contributed by atoms with Gasteiger partial charge in [-0.25, -0.2) is 4.79 Å². The lowest BCUT2D eigenvalue weighted by Crippen LogP contribution is -2.06. The summed E-state index contributed by atoms with van der Waals surface area (Å²) in [7, 11) is 0. The largest absolute Gasteiger partial charge is 0.462 e. The number of aromatic nitrogens is 3. The van der Waals surface area contributed by atoms with Gasteiger partial charge in [0.05, 0.1) is 12.2 Å². The van der Waals surface area contributed by atoms with E-state index in [-0.39, 0.29) is 11.9 Å². The van der Waals surface area contributed by atoms with Gasteiger partial charge in [-0.1, -0.05) is 0 Å². The fourth-order valence-corrected chi connectivity index (χ4v) is 1.59. The minimum atomic E-state index is -0.348. The molecule has 0 aliphatic carbocycles. The van der Waals surface area contributed by atoms with Crippen LogP contribution in [0, 0.1) is 6.92 Å². The SMILES string of the molecule is CCOC(=O)c1ccc(Nc2nc(C)nc(N)n2)cc1. The van der Waals surface area contributed by atoms with Crippen LogP contribution in [0.5, 0.6) is 0 Å². The Hall–Kier alpha value is -2.70. The Morgan fingerprint density at radius 1 is 1.25 bits per heavy atom. The zero-order chi connectivity index (χ0) is 14.5. The number of anilines is 3. The van der Waals surface area contributed by atoms with Crippen LogP contribution in [0.4, 0.5) is 17.6 Å². The molecule has 0 atom stereocenters. The molecule has 1 aromatic carbocycles. The third kappa shape index (κ3) is 3.41. The molecule has 2 aromatic rings. The highest BCUT2D eigenvalue weighted by Gasteiger charge is 2.06. The number of nitrogens with one attached hydrogen (secondary N) is 1. The van der Waals surface area contributed by atoms with E-state index in [4.69, 9.17) is 10.5 Å². The molecule has 0 spiro atoms. The van der Waals surface area contributed by atoms with Crippen molar-refractivity contribution in [3.05, 3.63) is 35.7 Å². The number of benzene rings is 1. The highest BCUT2D eigenvalue weighted by atomic mass is 16.5. The molecule has 0 bridgehead atoms. The fraction of sp³-hybridized carbons (Fsp3) is 0.231. The van der Waals surface area contributed by atoms with Gasteiger partial charge in [0.25, 0.3) is 0 Å². The van der Waals surface area contributed by atoms with Crippen LogP contribution in [-0.2, 0) is 4.74 Å². The molecule has 3 N–H and O–H groups in total. The molecule has 0 aliphatic heterocycles. The number of ether oxygens (including phenoxy) is 1. The Labute approximate surface area is 116 Å². The number of hydrogen-bond acceptors (Lipinski definition) is 7. The Kier molecular flexibility index (Phi) is 4.09. The van der Waals surface area contributed by atoms with E-state index in [1.54, 1.807) is 38.1 Å². The molecule has 0 aliphatic rings. The summed E-state index contributed by atoms with van der Waals surface area (Å²) in [6.45, 7) is 3.84. The molecule has 0 radical (unpaired) electrons. The van der Waals surface area contributed by atoms with Crippen molar-refractivity contribution in [1.29, 1.82) is 0 Å². The molecule has 1 heterocycles. The molecule has 104 valence electrons. The number of hydrogen-bond donors (Lipinski definition) is 2. The van der Waals surface area contributed by atoms with Crippen LogP contribution in [-0.4, -0.2) is 27.5 Å². The maximum absolute atomic E-state index is 11.5. The van der Waals surface area contributed by atoms with Crippen LogP contribution < -0.4 is 11.1 Å². The number of nitrogens with two attached hydrogens (primary N) is 1. The molecule has 20 heavy (non-hydrogen) atoms. The zero-order valence-electron chi connectivity index (χ0n) is 11.3. The Morgan fingerprint density at radius 3 is 2.55 bits per heavy atom. The van der Waals surface area contributed by atoms with E-state index in [1.807, 2.05) is 0 Å². The van der Waals surface area contributed by atoms with Crippen molar-refractivity contribution in [2.45, 2.75) is 13.8 Å². The summed E-state index contributed by atoms with van der Waals surface area (Å²) in [5.74, 6) is 0.699. The second-order valence-corrected chi connectivity index (χ2v) is 3.99. The maximum Gasteiger partial charge on any atom is 0.338 e. The second-order valence-electron chi connectivity index (χ2n) is 3.99. The molecule has 7 nitrogen and oxygen atoms in total. The quantitative estimate of drug-likeness (QED) is 0.817. The summed E-state index contributed by atoms with van der Waals surface area (Å²) in [5, 5.41) is 2.99. The molecule has 0 amide bonds. The lowest BCUT2D eigenvalue weighted by molar-refractivity contribution is 0.0526. The molecule has 0 saturated carbocycles. The minimum Gasteiger partial charge on any atom is -0.462 e. The lowest BCUT2D eigenvalue weighted by atomic mass is 10.2. The molecule has 2 rings (SSSR count). The third-order valence-corrected chi connectivity index (χ3v) is 2.42. The molecule has 0 unspecified atom stereocenters. The van der Waals surface area contributed by atoms with Gasteiger partial charge in [0, 0.05) is 5.69 Å². The van der Waals surface area contributed by atoms with E-state index < -0.39 is 0 Å². The number of esters is 1. The van der Waals surface area contributed by atoms with Gasteiger partial charge in [-0.3, -0.25) is 0 Å². The highest BCUT2D eigenvalue weighted by Crippen LogP contribution is 2.15. The molecular weight excluding hydrogens is 258 g/mol. The van der Waals surface area contributed by atoms with E-state index >= 15 is 0 Å². The minimum absolute atomic E-state index is 0.156. The van der Waals surface area contributed by atoms with Crippen LogP contribution in [0.2, 0.25) is 0 Å². The summed E-state index contributed by atoms with van der Waals surface area (Å²) in [4.78, 5) is 23.5. The summed E-state index contributed by atoms with van der Waals surface area (Å²) >= 11 is 0. The van der Waals surface area contributed by atoms with Crippen molar-refractivity contribution < 1.29 is 9.53 Å². The number of rotatable bonds is 4. The highest BCUT2D eigenvalue weighted by molar-refractivity contribution is 5.89. The van der Waals surface area contributed by atoms with E-state index in [0.29, 0.717) is 23.9 Å². The van der Waals surface area contributed by atoms with E-state index in [9.17, 15) is 4.79 Å².